The van der Waals surface area contributed by atoms with Gasteiger partial charge in [0.2, 0.25) is 0 Å². The lowest BCUT2D eigenvalue weighted by molar-refractivity contribution is -0.0754. The number of alkyl halides is 3. The van der Waals surface area contributed by atoms with Crippen molar-refractivity contribution < 1.29 is 22.6 Å². The predicted molar refractivity (Wildman–Crippen MR) is 85.8 cm³/mol. The van der Waals surface area contributed by atoms with Crippen LogP contribution in [0.15, 0.2) is 35.5 Å². The minimum absolute atomic E-state index is 0.177. The van der Waals surface area contributed by atoms with Crippen LogP contribution in [0.5, 0.6) is 0 Å². The molecule has 0 spiro atoms. The second-order valence-electron chi connectivity index (χ2n) is 4.93. The lowest BCUT2D eigenvalue weighted by Crippen LogP contribution is -2.24. The van der Waals surface area contributed by atoms with Crippen LogP contribution < -0.4 is 0 Å². The Balaban J connectivity index is 2.38. The molecule has 0 saturated carbocycles. The average molecular weight is 341 g/mol. The fourth-order valence-corrected chi connectivity index (χ4v) is 2.23. The average Bonchev–Trinajstić information content (AvgIpc) is 2.95. The fraction of sp³-hybridized carbons (Fsp3) is 0.375. The molecule has 1 heterocycles. The SMILES string of the molecule is C/C=C(/N=C(OC)C(F)(F)F)c1ccc2c(cnn2CCOC)c1. The summed E-state index contributed by atoms with van der Waals surface area (Å²) in [4.78, 5) is 3.60. The normalized spacial score (nSPS) is 13.6. The van der Waals surface area contributed by atoms with Gasteiger partial charge >= 0.3 is 6.18 Å². The largest absolute Gasteiger partial charge is 0.478 e. The highest BCUT2D eigenvalue weighted by atomic mass is 19.4. The van der Waals surface area contributed by atoms with E-state index in [1.165, 1.54) is 6.08 Å². The topological polar surface area (TPSA) is 48.6 Å². The number of hydrogen-bond donors (Lipinski definition) is 0. The van der Waals surface area contributed by atoms with Crippen LogP contribution in [0.1, 0.15) is 12.5 Å². The summed E-state index contributed by atoms with van der Waals surface area (Å²) in [5, 5.41) is 5.06. The molecule has 0 atom stereocenters. The molecule has 8 heteroatoms. The number of halogens is 3. The second-order valence-corrected chi connectivity index (χ2v) is 4.93. The number of fused-ring (bicyclic) bond motifs is 1. The van der Waals surface area contributed by atoms with Crippen LogP contribution in [-0.2, 0) is 16.0 Å². The van der Waals surface area contributed by atoms with Crippen LogP contribution in [0.2, 0.25) is 0 Å². The molecule has 24 heavy (non-hydrogen) atoms. The predicted octanol–water partition coefficient (Wildman–Crippen LogP) is 3.65. The minimum atomic E-state index is -4.64. The van der Waals surface area contributed by atoms with Gasteiger partial charge in [-0.3, -0.25) is 4.68 Å². The van der Waals surface area contributed by atoms with Crippen molar-refractivity contribution in [1.29, 1.82) is 0 Å². The quantitative estimate of drug-likeness (QED) is 0.616. The Hall–Kier alpha value is -2.35. The molecule has 130 valence electrons. The molecule has 0 aliphatic rings. The summed E-state index contributed by atoms with van der Waals surface area (Å²) in [6.45, 7) is 2.73. The van der Waals surface area contributed by atoms with Crippen LogP contribution in [0.25, 0.3) is 16.6 Å². The number of allylic oxidation sites excluding steroid dienone is 1. The van der Waals surface area contributed by atoms with Gasteiger partial charge in [0.15, 0.2) is 0 Å². The Bertz CT molecular complexity index is 764. The van der Waals surface area contributed by atoms with E-state index in [9.17, 15) is 13.2 Å². The summed E-state index contributed by atoms with van der Waals surface area (Å²) < 4.78 is 49.6. The lowest BCUT2D eigenvalue weighted by atomic mass is 10.1. The molecule has 0 N–H and O–H groups in total. The molecule has 0 aliphatic heterocycles. The second kappa shape index (κ2) is 7.48. The smallest absolute Gasteiger partial charge is 0.468 e. The zero-order valence-corrected chi connectivity index (χ0v) is 13.6. The number of aromatic nitrogens is 2. The molecule has 0 radical (unpaired) electrons. The number of ether oxygens (including phenoxy) is 2. The van der Waals surface area contributed by atoms with Crippen molar-refractivity contribution >= 4 is 22.5 Å². The van der Waals surface area contributed by atoms with Gasteiger partial charge in [0, 0.05) is 18.1 Å². The van der Waals surface area contributed by atoms with E-state index in [2.05, 4.69) is 14.8 Å². The van der Waals surface area contributed by atoms with Crippen molar-refractivity contribution in [3.63, 3.8) is 0 Å². The third-order valence-electron chi connectivity index (χ3n) is 3.38. The van der Waals surface area contributed by atoms with E-state index < -0.39 is 12.1 Å². The molecular formula is C16H18F3N3O2. The molecule has 2 rings (SSSR count). The molecule has 0 bridgehead atoms. The minimum Gasteiger partial charge on any atom is -0.478 e. The highest BCUT2D eigenvalue weighted by Gasteiger charge is 2.38. The van der Waals surface area contributed by atoms with Crippen LogP contribution in [0.3, 0.4) is 0 Å². The van der Waals surface area contributed by atoms with E-state index in [1.807, 2.05) is 0 Å². The van der Waals surface area contributed by atoms with Gasteiger partial charge < -0.3 is 9.47 Å². The zero-order chi connectivity index (χ0) is 17.7. The third-order valence-corrected chi connectivity index (χ3v) is 3.38. The molecule has 0 fully saturated rings. The van der Waals surface area contributed by atoms with Crippen molar-refractivity contribution in [2.24, 2.45) is 4.99 Å². The summed E-state index contributed by atoms with van der Waals surface area (Å²) >= 11 is 0. The van der Waals surface area contributed by atoms with Crippen LogP contribution in [0, 0.1) is 0 Å². The maximum atomic E-state index is 12.8. The molecule has 0 aliphatic carbocycles. The lowest BCUT2D eigenvalue weighted by Gasteiger charge is -2.10. The fourth-order valence-electron chi connectivity index (χ4n) is 2.23. The molecule has 0 unspecified atom stereocenters. The number of rotatable bonds is 5. The van der Waals surface area contributed by atoms with Crippen molar-refractivity contribution in [3.8, 4) is 0 Å². The third kappa shape index (κ3) is 3.94. The number of hydrogen-bond acceptors (Lipinski definition) is 4. The van der Waals surface area contributed by atoms with E-state index >= 15 is 0 Å². The molecule has 2 aromatic rings. The molecule has 5 nitrogen and oxygen atoms in total. The van der Waals surface area contributed by atoms with Crippen molar-refractivity contribution in [1.82, 2.24) is 9.78 Å². The van der Waals surface area contributed by atoms with Crippen molar-refractivity contribution in [2.75, 3.05) is 20.8 Å². The van der Waals surface area contributed by atoms with E-state index in [0.717, 1.165) is 18.0 Å². The molecular weight excluding hydrogens is 323 g/mol. The molecule has 1 aromatic carbocycles. The van der Waals surface area contributed by atoms with Gasteiger partial charge in [-0.1, -0.05) is 12.1 Å². The first kappa shape index (κ1) is 18.0. The standard InChI is InChI=1S/C16H18F3N3O2/c1-4-13(21-15(24-3)16(17,18)19)11-5-6-14-12(9-11)10-20-22(14)7-8-23-2/h4-6,9-10H,7-8H2,1-3H3/b13-4+,21-15?. The van der Waals surface area contributed by atoms with Gasteiger partial charge in [-0.2, -0.15) is 18.3 Å². The first-order chi connectivity index (χ1) is 11.4. The van der Waals surface area contributed by atoms with Crippen LogP contribution in [-0.4, -0.2) is 42.7 Å². The number of aliphatic imine (C=N–C) groups is 1. The molecule has 1 aromatic heterocycles. The Morgan fingerprint density at radius 3 is 2.67 bits per heavy atom. The highest BCUT2D eigenvalue weighted by Crippen LogP contribution is 2.25. The van der Waals surface area contributed by atoms with Gasteiger partial charge in [0.1, 0.15) is 0 Å². The Morgan fingerprint density at radius 2 is 2.08 bits per heavy atom. The number of nitrogens with zero attached hydrogens (tertiary/aromatic N) is 3. The van der Waals surface area contributed by atoms with Crippen LogP contribution >= 0.6 is 0 Å². The van der Waals surface area contributed by atoms with E-state index in [0.29, 0.717) is 18.7 Å². The van der Waals surface area contributed by atoms with Crippen LogP contribution in [0.4, 0.5) is 13.2 Å². The zero-order valence-electron chi connectivity index (χ0n) is 13.6. The number of benzene rings is 1. The summed E-state index contributed by atoms with van der Waals surface area (Å²) in [5.74, 6) is -1.29. The summed E-state index contributed by atoms with van der Waals surface area (Å²) in [6, 6.07) is 5.25. The van der Waals surface area contributed by atoms with E-state index in [-0.39, 0.29) is 5.70 Å². The molecule has 0 amide bonds. The van der Waals surface area contributed by atoms with Gasteiger partial charge in [-0.15, -0.1) is 0 Å². The molecule has 0 saturated heterocycles. The maximum absolute atomic E-state index is 12.8. The first-order valence-electron chi connectivity index (χ1n) is 7.21. The first-order valence-corrected chi connectivity index (χ1v) is 7.21. The summed E-state index contributed by atoms with van der Waals surface area (Å²) in [5.41, 5.74) is 1.60. The van der Waals surface area contributed by atoms with E-state index in [4.69, 9.17) is 4.74 Å². The summed E-state index contributed by atoms with van der Waals surface area (Å²) in [6.07, 6.45) is -1.48. The maximum Gasteiger partial charge on any atom is 0.468 e. The van der Waals surface area contributed by atoms with Gasteiger partial charge in [0.25, 0.3) is 5.90 Å². The van der Waals surface area contributed by atoms with Crippen molar-refractivity contribution in [3.05, 3.63) is 36.0 Å². The van der Waals surface area contributed by atoms with Crippen molar-refractivity contribution in [2.45, 2.75) is 19.6 Å². The Morgan fingerprint density at radius 1 is 1.33 bits per heavy atom. The Labute approximate surface area is 137 Å². The van der Waals surface area contributed by atoms with Gasteiger partial charge in [-0.05, 0) is 19.1 Å². The Kier molecular flexibility index (Phi) is 5.61. The summed E-state index contributed by atoms with van der Waals surface area (Å²) in [7, 11) is 2.55. The highest BCUT2D eigenvalue weighted by molar-refractivity contribution is 5.89. The monoisotopic (exact) mass is 341 g/mol. The number of methoxy groups -OCH3 is 2. The van der Waals surface area contributed by atoms with Gasteiger partial charge in [0.05, 0.1) is 37.7 Å². The van der Waals surface area contributed by atoms with E-state index in [1.54, 1.807) is 43.1 Å². The van der Waals surface area contributed by atoms with Gasteiger partial charge in [-0.25, -0.2) is 4.99 Å².